The van der Waals surface area contributed by atoms with E-state index in [2.05, 4.69) is 27.5 Å². The minimum absolute atomic E-state index is 0.273. The molecule has 0 aromatic carbocycles. The Morgan fingerprint density at radius 1 is 0.789 bits per heavy atom. The van der Waals surface area contributed by atoms with Crippen molar-refractivity contribution in [3.8, 4) is 0 Å². The number of ether oxygens (including phenoxy) is 1. The molecule has 0 heterocycles. The number of quaternary nitrogens is 1. The standard InChI is InChI=1S/C14H28NO2.C4F10NO4S2/c1-6-9-15(5,10-7-2)11-8-12-17-14(16)13(3)4;5-1(6,7)3(11,12)20(16,17)15-21(18,19)4(13,14)2(8,9)10/h3,6-12H2,1-2,4-5H3;/q+1;-1. The fraction of sp³-hybridized carbons (Fsp3) is 0.833. The number of alkyl halides is 10. The molecule has 0 aliphatic heterocycles. The summed E-state index contributed by atoms with van der Waals surface area (Å²) in [6.07, 6.45) is -10.7. The summed E-state index contributed by atoms with van der Waals surface area (Å²) >= 11 is 0. The number of esters is 1. The molecule has 0 fully saturated rings. The Morgan fingerprint density at radius 3 is 1.39 bits per heavy atom. The quantitative estimate of drug-likeness (QED) is 0.0931. The first kappa shape index (κ1) is 38.5. The number of nitrogens with zero attached hydrogens (tertiary/aromatic N) is 2. The summed E-state index contributed by atoms with van der Waals surface area (Å²) < 4.78 is 167. The van der Waals surface area contributed by atoms with Gasteiger partial charge in [0.25, 0.3) is 0 Å². The molecule has 228 valence electrons. The van der Waals surface area contributed by atoms with E-state index >= 15 is 0 Å². The molecule has 0 radical (unpaired) electrons. The summed E-state index contributed by atoms with van der Waals surface area (Å²) in [5.74, 6) is -0.273. The van der Waals surface area contributed by atoms with Crippen LogP contribution >= 0.6 is 0 Å². The normalized spacial score (nSPS) is 13.9. The van der Waals surface area contributed by atoms with Crippen LogP contribution in [0, 0.1) is 0 Å². The van der Waals surface area contributed by atoms with Crippen molar-refractivity contribution < 1.29 is 74.8 Å². The van der Waals surface area contributed by atoms with Gasteiger partial charge < -0.3 is 13.3 Å². The molecular formula is C18H28F10N2O6S2. The van der Waals surface area contributed by atoms with Crippen molar-refractivity contribution in [1.82, 2.24) is 0 Å². The molecule has 0 atom stereocenters. The second-order valence-corrected chi connectivity index (χ2v) is 11.6. The van der Waals surface area contributed by atoms with Crippen LogP contribution in [0.1, 0.15) is 40.0 Å². The molecule has 0 rings (SSSR count). The van der Waals surface area contributed by atoms with Crippen LogP contribution in [0.15, 0.2) is 12.2 Å². The third-order valence-corrected chi connectivity index (χ3v) is 7.78. The minimum Gasteiger partial charge on any atom is -0.462 e. The van der Waals surface area contributed by atoms with Gasteiger partial charge in [-0.1, -0.05) is 20.4 Å². The monoisotopic (exact) mass is 622 g/mol. The van der Waals surface area contributed by atoms with Crippen LogP contribution < -0.4 is 0 Å². The van der Waals surface area contributed by atoms with Crippen LogP contribution in [0.2, 0.25) is 0 Å². The average molecular weight is 623 g/mol. The first-order valence-electron chi connectivity index (χ1n) is 10.4. The van der Waals surface area contributed by atoms with Crippen LogP contribution in [0.25, 0.3) is 4.13 Å². The van der Waals surface area contributed by atoms with E-state index < -0.39 is 42.9 Å². The molecular weight excluding hydrogens is 594 g/mol. The van der Waals surface area contributed by atoms with Crippen LogP contribution in [0.4, 0.5) is 43.9 Å². The maximum Gasteiger partial charge on any atom is 0.467 e. The number of halogens is 10. The zero-order valence-corrected chi connectivity index (χ0v) is 22.2. The van der Waals surface area contributed by atoms with Gasteiger partial charge in [0.15, 0.2) is 20.0 Å². The molecule has 0 spiro atoms. The Morgan fingerprint density at radius 2 is 1.13 bits per heavy atom. The first-order valence-corrected chi connectivity index (χ1v) is 13.3. The Balaban J connectivity index is 0. The lowest BCUT2D eigenvalue weighted by molar-refractivity contribution is -0.909. The van der Waals surface area contributed by atoms with Gasteiger partial charge in [-0.3, -0.25) is 0 Å². The van der Waals surface area contributed by atoms with E-state index in [4.69, 9.17) is 4.74 Å². The summed E-state index contributed by atoms with van der Waals surface area (Å²) in [5, 5.41) is -14.0. The first-order chi connectivity index (χ1) is 16.7. The molecule has 0 aromatic rings. The molecule has 0 saturated carbocycles. The van der Waals surface area contributed by atoms with Gasteiger partial charge in [-0.15, -0.1) is 0 Å². The van der Waals surface area contributed by atoms with Gasteiger partial charge in [0.1, 0.15) is 0 Å². The van der Waals surface area contributed by atoms with E-state index in [1.54, 1.807) is 6.92 Å². The molecule has 8 nitrogen and oxygen atoms in total. The van der Waals surface area contributed by atoms with E-state index in [1.165, 1.54) is 25.9 Å². The van der Waals surface area contributed by atoms with Crippen molar-refractivity contribution in [3.63, 3.8) is 0 Å². The molecule has 38 heavy (non-hydrogen) atoms. The molecule has 0 N–H and O–H groups in total. The highest BCUT2D eigenvalue weighted by Gasteiger charge is 2.68. The van der Waals surface area contributed by atoms with Gasteiger partial charge >= 0.3 is 28.8 Å². The maximum absolute atomic E-state index is 12.3. The van der Waals surface area contributed by atoms with Crippen LogP contribution in [-0.4, -0.2) is 83.4 Å². The van der Waals surface area contributed by atoms with Gasteiger partial charge in [0.05, 0.1) is 33.3 Å². The molecule has 0 aromatic heterocycles. The highest BCUT2D eigenvalue weighted by molar-refractivity contribution is 8.13. The highest BCUT2D eigenvalue weighted by Crippen LogP contribution is 2.47. The number of rotatable bonds is 13. The number of carbonyl (C=O) groups excluding carboxylic acids is 1. The van der Waals surface area contributed by atoms with Crippen molar-refractivity contribution in [1.29, 1.82) is 0 Å². The Kier molecular flexibility index (Phi) is 13.8. The predicted molar refractivity (Wildman–Crippen MR) is 115 cm³/mol. The lowest BCUT2D eigenvalue weighted by Gasteiger charge is -2.34. The van der Waals surface area contributed by atoms with Crippen LogP contribution in [-0.2, 0) is 29.6 Å². The molecule has 0 bridgehead atoms. The Labute approximate surface area is 213 Å². The van der Waals surface area contributed by atoms with Crippen LogP contribution in [0.3, 0.4) is 0 Å². The van der Waals surface area contributed by atoms with Gasteiger partial charge in [0, 0.05) is 12.0 Å². The van der Waals surface area contributed by atoms with Gasteiger partial charge in [-0.25, -0.2) is 21.6 Å². The lowest BCUT2D eigenvalue weighted by atomic mass is 10.2. The topological polar surface area (TPSA) is 109 Å². The zero-order chi connectivity index (χ0) is 31.0. The number of hydrogen-bond acceptors (Lipinski definition) is 6. The number of sulfonamides is 2. The maximum atomic E-state index is 12.3. The van der Waals surface area contributed by atoms with Crippen molar-refractivity contribution in [2.45, 2.75) is 62.9 Å². The number of carbonyl (C=O) groups is 1. The van der Waals surface area contributed by atoms with Gasteiger partial charge in [-0.05, 0) is 19.8 Å². The van der Waals surface area contributed by atoms with Crippen molar-refractivity contribution in [3.05, 3.63) is 16.3 Å². The third-order valence-electron chi connectivity index (χ3n) is 4.46. The third kappa shape index (κ3) is 10.5. The van der Waals surface area contributed by atoms with E-state index in [1.807, 2.05) is 0 Å². The summed E-state index contributed by atoms with van der Waals surface area (Å²) in [4.78, 5) is 11.2. The number of hydrogen-bond donors (Lipinski definition) is 0. The van der Waals surface area contributed by atoms with Gasteiger partial charge in [0.2, 0.25) is 0 Å². The van der Waals surface area contributed by atoms with Crippen molar-refractivity contribution in [2.75, 3.05) is 33.3 Å². The van der Waals surface area contributed by atoms with E-state index in [-0.39, 0.29) is 5.97 Å². The molecule has 0 amide bonds. The molecule has 20 heteroatoms. The second kappa shape index (κ2) is 13.6. The smallest absolute Gasteiger partial charge is 0.462 e. The second-order valence-electron chi connectivity index (χ2n) is 8.11. The van der Waals surface area contributed by atoms with Gasteiger partial charge in [-0.2, -0.15) is 43.9 Å². The SMILES string of the molecule is C=C(C)C(=O)OCCC[N+](C)(CCC)CCC.O=S(=O)([N-]S(=O)(=O)C(F)(F)C(F)(F)F)C(F)(F)C(F)(F)F. The van der Waals surface area contributed by atoms with Crippen molar-refractivity contribution >= 4 is 26.0 Å². The van der Waals surface area contributed by atoms with Crippen molar-refractivity contribution in [2.24, 2.45) is 0 Å². The summed E-state index contributed by atoms with van der Waals surface area (Å²) in [6.45, 7) is 13.6. The summed E-state index contributed by atoms with van der Waals surface area (Å²) in [7, 11) is -13.0. The molecule has 0 aliphatic carbocycles. The molecule has 0 aliphatic rings. The Bertz CT molecular complexity index is 950. The van der Waals surface area contributed by atoms with E-state index in [9.17, 15) is 65.5 Å². The molecule has 0 unspecified atom stereocenters. The summed E-state index contributed by atoms with van der Waals surface area (Å²) in [6, 6.07) is 0. The summed E-state index contributed by atoms with van der Waals surface area (Å²) in [5.41, 5.74) is 0.476. The minimum atomic E-state index is -7.62. The van der Waals surface area contributed by atoms with E-state index in [0.717, 1.165) is 17.4 Å². The van der Waals surface area contributed by atoms with Crippen LogP contribution in [0.5, 0.6) is 0 Å². The highest BCUT2D eigenvalue weighted by atomic mass is 32.3. The molecule has 0 saturated heterocycles. The predicted octanol–water partition coefficient (Wildman–Crippen LogP) is 5.09. The fourth-order valence-electron chi connectivity index (χ4n) is 2.66. The average Bonchev–Trinajstić information content (AvgIpc) is 2.69. The largest absolute Gasteiger partial charge is 0.467 e. The Hall–Kier alpha value is -1.67. The fourth-order valence-corrected chi connectivity index (χ4v) is 5.03. The lowest BCUT2D eigenvalue weighted by Crippen LogP contribution is -2.48. The van der Waals surface area contributed by atoms with E-state index in [0.29, 0.717) is 16.3 Å². The zero-order valence-electron chi connectivity index (χ0n) is 20.6.